The van der Waals surface area contributed by atoms with Gasteiger partial charge in [-0.25, -0.2) is 9.36 Å². The van der Waals surface area contributed by atoms with Gasteiger partial charge in [-0.05, 0) is 33.1 Å². The molecule has 2 rings (SSSR count). The van der Waals surface area contributed by atoms with Crippen molar-refractivity contribution in [2.75, 3.05) is 0 Å². The minimum Gasteiger partial charge on any atom is -0.506 e. The Morgan fingerprint density at radius 3 is 2.48 bits per heavy atom. The summed E-state index contributed by atoms with van der Waals surface area (Å²) in [5.41, 5.74) is -0.195. The lowest BCUT2D eigenvalue weighted by atomic mass is 9.86. The van der Waals surface area contributed by atoms with Crippen molar-refractivity contribution in [3.63, 3.8) is 0 Å². The van der Waals surface area contributed by atoms with E-state index < -0.39 is 11.7 Å². The van der Waals surface area contributed by atoms with Crippen LogP contribution in [0.4, 0.5) is 4.79 Å². The summed E-state index contributed by atoms with van der Waals surface area (Å²) >= 11 is 0. The van der Waals surface area contributed by atoms with Crippen molar-refractivity contribution in [1.82, 2.24) is 4.57 Å². The fourth-order valence-corrected chi connectivity index (χ4v) is 2.89. The highest BCUT2D eigenvalue weighted by atomic mass is 16.6. The Bertz CT molecular complexity index is 507. The molecule has 0 spiro atoms. The molecular weight excluding hydrogens is 270 g/mol. The van der Waals surface area contributed by atoms with Gasteiger partial charge in [0.2, 0.25) is 5.88 Å². The molecule has 1 aromatic rings. The van der Waals surface area contributed by atoms with E-state index in [0.717, 1.165) is 17.4 Å². The highest BCUT2D eigenvalue weighted by molar-refractivity contribution is 5.75. The van der Waals surface area contributed by atoms with Gasteiger partial charge in [-0.2, -0.15) is 0 Å². The Balaban J connectivity index is 2.22. The first-order chi connectivity index (χ1) is 9.78. The summed E-state index contributed by atoms with van der Waals surface area (Å²) in [6.45, 7) is 5.31. The number of aromatic nitrogens is 1. The van der Waals surface area contributed by atoms with Crippen LogP contribution in [0.25, 0.3) is 0 Å². The second-order valence-electron chi connectivity index (χ2n) is 6.86. The Hall–Kier alpha value is -1.65. The predicted molar refractivity (Wildman–Crippen MR) is 79.7 cm³/mol. The van der Waals surface area contributed by atoms with Crippen LogP contribution in [0, 0.1) is 5.92 Å². The van der Waals surface area contributed by atoms with Gasteiger partial charge in [0, 0.05) is 6.07 Å². The molecule has 1 saturated carbocycles. The van der Waals surface area contributed by atoms with E-state index in [1.54, 1.807) is 20.8 Å². The smallest absolute Gasteiger partial charge is 0.421 e. The molecule has 1 aliphatic carbocycles. The standard InChI is InChI=1S/C16H25NO4/c1-16(2,3)21-15(20)17-12(13(18)10-14(17)19)9-11-7-5-4-6-8-11/h10-11,18-19H,4-9H2,1-3H3. The summed E-state index contributed by atoms with van der Waals surface area (Å²) in [6, 6.07) is 1.21. The van der Waals surface area contributed by atoms with Gasteiger partial charge in [-0.15, -0.1) is 0 Å². The Morgan fingerprint density at radius 1 is 1.29 bits per heavy atom. The minimum absolute atomic E-state index is 0.0380. The van der Waals surface area contributed by atoms with E-state index in [1.807, 2.05) is 0 Å². The first-order valence-electron chi connectivity index (χ1n) is 7.64. The van der Waals surface area contributed by atoms with Gasteiger partial charge in [-0.1, -0.05) is 32.1 Å². The Morgan fingerprint density at radius 2 is 1.90 bits per heavy atom. The van der Waals surface area contributed by atoms with Crippen LogP contribution in [0.1, 0.15) is 58.6 Å². The van der Waals surface area contributed by atoms with Gasteiger partial charge in [-0.3, -0.25) is 0 Å². The average Bonchev–Trinajstić information content (AvgIpc) is 2.63. The zero-order valence-corrected chi connectivity index (χ0v) is 13.1. The number of aromatic hydroxyl groups is 2. The molecule has 0 aromatic carbocycles. The molecular formula is C16H25NO4. The molecule has 0 amide bonds. The van der Waals surface area contributed by atoms with Crippen molar-refractivity contribution in [3.8, 4) is 11.6 Å². The molecule has 2 N–H and O–H groups in total. The summed E-state index contributed by atoms with van der Waals surface area (Å²) in [6.07, 6.45) is 5.76. The molecule has 0 atom stereocenters. The van der Waals surface area contributed by atoms with Crippen molar-refractivity contribution >= 4 is 6.09 Å². The van der Waals surface area contributed by atoms with Crippen LogP contribution in [0.5, 0.6) is 11.6 Å². The van der Waals surface area contributed by atoms with Crippen LogP contribution in [0.3, 0.4) is 0 Å². The lowest BCUT2D eigenvalue weighted by Gasteiger charge is -2.23. The number of hydrogen-bond donors (Lipinski definition) is 2. The topological polar surface area (TPSA) is 71.7 Å². The van der Waals surface area contributed by atoms with Crippen LogP contribution >= 0.6 is 0 Å². The number of ether oxygens (including phenoxy) is 1. The maximum Gasteiger partial charge on any atom is 0.421 e. The summed E-state index contributed by atoms with van der Waals surface area (Å²) < 4.78 is 6.39. The van der Waals surface area contributed by atoms with E-state index in [-0.39, 0.29) is 11.6 Å². The Labute approximate surface area is 125 Å². The van der Waals surface area contributed by atoms with Gasteiger partial charge in [0.05, 0.1) is 5.69 Å². The zero-order chi connectivity index (χ0) is 15.6. The van der Waals surface area contributed by atoms with Crippen molar-refractivity contribution in [3.05, 3.63) is 11.8 Å². The molecule has 5 heteroatoms. The summed E-state index contributed by atoms with van der Waals surface area (Å²) in [4.78, 5) is 12.2. The monoisotopic (exact) mass is 295 g/mol. The van der Waals surface area contributed by atoms with Crippen LogP contribution < -0.4 is 0 Å². The van der Waals surface area contributed by atoms with Crippen molar-refractivity contribution in [2.45, 2.75) is 64.9 Å². The first-order valence-corrected chi connectivity index (χ1v) is 7.64. The molecule has 118 valence electrons. The SMILES string of the molecule is CC(C)(C)OC(=O)n1c(O)cc(O)c1CC1CCCCC1. The van der Waals surface area contributed by atoms with Gasteiger partial charge in [0.15, 0.2) is 0 Å². The third-order valence-electron chi connectivity index (χ3n) is 3.84. The average molecular weight is 295 g/mol. The fourth-order valence-electron chi connectivity index (χ4n) is 2.89. The van der Waals surface area contributed by atoms with Crippen LogP contribution in [-0.4, -0.2) is 26.5 Å². The fraction of sp³-hybridized carbons (Fsp3) is 0.688. The molecule has 0 radical (unpaired) electrons. The zero-order valence-electron chi connectivity index (χ0n) is 13.1. The summed E-state index contributed by atoms with van der Waals surface area (Å²) in [7, 11) is 0. The van der Waals surface area contributed by atoms with Crippen molar-refractivity contribution < 1.29 is 19.7 Å². The van der Waals surface area contributed by atoms with E-state index >= 15 is 0 Å². The van der Waals surface area contributed by atoms with E-state index in [1.165, 1.54) is 25.3 Å². The molecule has 21 heavy (non-hydrogen) atoms. The number of carbonyl (C=O) groups is 1. The molecule has 0 unspecified atom stereocenters. The number of nitrogens with zero attached hydrogens (tertiary/aromatic N) is 1. The second kappa shape index (κ2) is 6.00. The van der Waals surface area contributed by atoms with Crippen LogP contribution in [0.2, 0.25) is 0 Å². The molecule has 0 bridgehead atoms. The van der Waals surface area contributed by atoms with Gasteiger partial charge < -0.3 is 14.9 Å². The molecule has 1 aromatic heterocycles. The maximum atomic E-state index is 12.2. The third kappa shape index (κ3) is 3.93. The normalized spacial score (nSPS) is 16.9. The predicted octanol–water partition coefficient (Wildman–Crippen LogP) is 3.81. The highest BCUT2D eigenvalue weighted by Gasteiger charge is 2.27. The minimum atomic E-state index is -0.647. The van der Waals surface area contributed by atoms with E-state index in [4.69, 9.17) is 4.74 Å². The molecule has 1 heterocycles. The highest BCUT2D eigenvalue weighted by Crippen LogP contribution is 2.34. The van der Waals surface area contributed by atoms with Crippen LogP contribution in [-0.2, 0) is 11.2 Å². The summed E-state index contributed by atoms with van der Waals surface area (Å²) in [5.74, 6) is 0.136. The lowest BCUT2D eigenvalue weighted by molar-refractivity contribution is 0.0519. The molecule has 1 fully saturated rings. The number of hydrogen-bond acceptors (Lipinski definition) is 4. The van der Waals surface area contributed by atoms with E-state index in [9.17, 15) is 15.0 Å². The Kier molecular flexibility index (Phi) is 4.49. The van der Waals surface area contributed by atoms with Gasteiger partial charge in [0.1, 0.15) is 11.4 Å². The molecule has 0 saturated heterocycles. The maximum absolute atomic E-state index is 12.2. The quantitative estimate of drug-likeness (QED) is 0.870. The number of carbonyl (C=O) groups excluding carboxylic acids is 1. The van der Waals surface area contributed by atoms with Gasteiger partial charge in [0.25, 0.3) is 0 Å². The largest absolute Gasteiger partial charge is 0.506 e. The molecule has 1 aliphatic rings. The first kappa shape index (κ1) is 15.7. The van der Waals surface area contributed by atoms with Gasteiger partial charge >= 0.3 is 6.09 Å². The molecule has 5 nitrogen and oxygen atoms in total. The number of rotatable bonds is 2. The van der Waals surface area contributed by atoms with E-state index in [0.29, 0.717) is 18.0 Å². The molecule has 0 aliphatic heterocycles. The van der Waals surface area contributed by atoms with Crippen molar-refractivity contribution in [1.29, 1.82) is 0 Å². The summed E-state index contributed by atoms with van der Waals surface area (Å²) in [5, 5.41) is 19.9. The lowest BCUT2D eigenvalue weighted by Crippen LogP contribution is -2.28. The van der Waals surface area contributed by atoms with Crippen LogP contribution in [0.15, 0.2) is 6.07 Å². The third-order valence-corrected chi connectivity index (χ3v) is 3.84. The van der Waals surface area contributed by atoms with E-state index in [2.05, 4.69) is 0 Å². The van der Waals surface area contributed by atoms with Crippen molar-refractivity contribution in [2.24, 2.45) is 5.92 Å². The second-order valence-corrected chi connectivity index (χ2v) is 6.86.